The third-order valence-corrected chi connectivity index (χ3v) is 4.52. The van der Waals surface area contributed by atoms with Crippen molar-refractivity contribution in [1.82, 2.24) is 0 Å². The van der Waals surface area contributed by atoms with Crippen LogP contribution in [0.5, 0.6) is 0 Å². The van der Waals surface area contributed by atoms with Gasteiger partial charge in [-0.2, -0.15) is 0 Å². The van der Waals surface area contributed by atoms with Crippen LogP contribution in [0, 0.1) is 0 Å². The van der Waals surface area contributed by atoms with Crippen molar-refractivity contribution < 1.29 is 4.57 Å². The van der Waals surface area contributed by atoms with Gasteiger partial charge in [0.2, 0.25) is 0 Å². The van der Waals surface area contributed by atoms with Gasteiger partial charge in [0.15, 0.2) is 6.49 Å². The lowest BCUT2D eigenvalue weighted by Crippen LogP contribution is -2.01. The van der Waals surface area contributed by atoms with E-state index in [0.717, 1.165) is 19.3 Å². The summed E-state index contributed by atoms with van der Waals surface area (Å²) in [6.07, 6.45) is 4.07. The zero-order chi connectivity index (χ0) is 8.74. The highest BCUT2D eigenvalue weighted by atomic mass is 35.7. The summed E-state index contributed by atoms with van der Waals surface area (Å²) in [4.78, 5) is 0. The van der Waals surface area contributed by atoms with E-state index in [1.165, 1.54) is 0 Å². The minimum Gasteiger partial charge on any atom is -0.330 e. The Morgan fingerprint density at radius 2 is 1.91 bits per heavy atom. The van der Waals surface area contributed by atoms with Crippen LogP contribution in [0.4, 0.5) is 0 Å². The second-order valence-electron chi connectivity index (χ2n) is 2.73. The van der Waals surface area contributed by atoms with Crippen molar-refractivity contribution in [1.29, 1.82) is 0 Å². The molecule has 0 bridgehead atoms. The Morgan fingerprint density at radius 1 is 1.36 bits per heavy atom. The van der Waals surface area contributed by atoms with Crippen molar-refractivity contribution in [3.63, 3.8) is 0 Å². The van der Waals surface area contributed by atoms with Crippen molar-refractivity contribution >= 4 is 17.7 Å². The molecule has 4 heteroatoms. The summed E-state index contributed by atoms with van der Waals surface area (Å²) >= 11 is 5.79. The molecule has 0 aliphatic rings. The van der Waals surface area contributed by atoms with Gasteiger partial charge in [0.1, 0.15) is 0 Å². The van der Waals surface area contributed by atoms with Gasteiger partial charge in [-0.25, -0.2) is 0 Å². The predicted octanol–water partition coefficient (Wildman–Crippen LogP) is 2.65. The first-order chi connectivity index (χ1) is 5.12. The Labute approximate surface area is 73.7 Å². The van der Waals surface area contributed by atoms with Crippen LogP contribution >= 0.6 is 17.7 Å². The van der Waals surface area contributed by atoms with Gasteiger partial charge in [-0.3, -0.25) is 0 Å². The average molecular weight is 198 g/mol. The molecular formula is C7H17ClNOP. The second kappa shape index (κ2) is 6.05. The Hall–Kier alpha value is 0.480. The lowest BCUT2D eigenvalue weighted by atomic mass is 10.4. The number of halogens is 1. The molecule has 0 fully saturated rings. The number of hydrogen-bond donors (Lipinski definition) is 1. The van der Waals surface area contributed by atoms with Gasteiger partial charge >= 0.3 is 0 Å². The summed E-state index contributed by atoms with van der Waals surface area (Å²) in [5.74, 6) is 0. The van der Waals surface area contributed by atoms with Crippen molar-refractivity contribution in [2.45, 2.75) is 26.2 Å². The lowest BCUT2D eigenvalue weighted by molar-refractivity contribution is 0.580. The standard InChI is InChI=1S/C7H17ClNOP/c1-2-3-6-11(8,10)7-4-5-9/h2-7,9H2,1H3. The van der Waals surface area contributed by atoms with E-state index in [9.17, 15) is 4.57 Å². The quantitative estimate of drug-likeness (QED) is 0.666. The molecule has 0 amide bonds. The molecule has 0 radical (unpaired) electrons. The monoisotopic (exact) mass is 197 g/mol. The van der Waals surface area contributed by atoms with Crippen molar-refractivity contribution in [2.24, 2.45) is 5.73 Å². The average Bonchev–Trinajstić information content (AvgIpc) is 1.97. The van der Waals surface area contributed by atoms with E-state index in [1.807, 2.05) is 0 Å². The summed E-state index contributed by atoms with van der Waals surface area (Å²) in [5.41, 5.74) is 5.28. The topological polar surface area (TPSA) is 43.1 Å². The van der Waals surface area contributed by atoms with Gasteiger partial charge in [0.05, 0.1) is 0 Å². The molecule has 0 aromatic carbocycles. The molecule has 0 aliphatic carbocycles. The Balaban J connectivity index is 3.53. The molecule has 0 aromatic rings. The first kappa shape index (κ1) is 11.5. The molecule has 2 nitrogen and oxygen atoms in total. The lowest BCUT2D eigenvalue weighted by Gasteiger charge is -2.07. The fourth-order valence-electron chi connectivity index (χ4n) is 0.833. The van der Waals surface area contributed by atoms with Crippen LogP contribution in [-0.4, -0.2) is 18.9 Å². The van der Waals surface area contributed by atoms with Crippen molar-refractivity contribution in [3.8, 4) is 0 Å². The fourth-order valence-corrected chi connectivity index (χ4v) is 3.22. The largest absolute Gasteiger partial charge is 0.330 e. The molecule has 1 atom stereocenters. The molecule has 0 aromatic heterocycles. The van der Waals surface area contributed by atoms with Crippen LogP contribution in [-0.2, 0) is 4.57 Å². The molecule has 0 rings (SSSR count). The minimum atomic E-state index is -2.33. The number of hydrogen-bond acceptors (Lipinski definition) is 2. The van der Waals surface area contributed by atoms with Gasteiger partial charge in [0.25, 0.3) is 0 Å². The van der Waals surface area contributed by atoms with E-state index >= 15 is 0 Å². The van der Waals surface area contributed by atoms with Crippen molar-refractivity contribution in [2.75, 3.05) is 18.9 Å². The summed E-state index contributed by atoms with van der Waals surface area (Å²) < 4.78 is 11.4. The van der Waals surface area contributed by atoms with E-state index in [-0.39, 0.29) is 0 Å². The van der Waals surface area contributed by atoms with Gasteiger partial charge < -0.3 is 10.3 Å². The van der Waals surface area contributed by atoms with Gasteiger partial charge in [-0.1, -0.05) is 24.6 Å². The zero-order valence-electron chi connectivity index (χ0n) is 7.05. The fraction of sp³-hybridized carbons (Fsp3) is 1.00. The maximum absolute atomic E-state index is 11.4. The Kier molecular flexibility index (Phi) is 6.31. The molecule has 0 saturated heterocycles. The van der Waals surface area contributed by atoms with Gasteiger partial charge in [-0.05, 0) is 19.4 Å². The predicted molar refractivity (Wildman–Crippen MR) is 51.8 cm³/mol. The van der Waals surface area contributed by atoms with Crippen LogP contribution in [0.2, 0.25) is 0 Å². The van der Waals surface area contributed by atoms with E-state index in [2.05, 4.69) is 6.92 Å². The summed E-state index contributed by atoms with van der Waals surface area (Å²) in [5, 5.41) is 0. The van der Waals surface area contributed by atoms with Crippen molar-refractivity contribution in [3.05, 3.63) is 0 Å². The van der Waals surface area contributed by atoms with Gasteiger partial charge in [-0.15, -0.1) is 0 Å². The smallest absolute Gasteiger partial charge is 0.169 e. The third kappa shape index (κ3) is 6.86. The Bertz CT molecular complexity index is 128. The minimum absolute atomic E-state index is 0.586. The zero-order valence-corrected chi connectivity index (χ0v) is 8.70. The number of rotatable bonds is 6. The third-order valence-electron chi connectivity index (χ3n) is 1.54. The Morgan fingerprint density at radius 3 is 2.36 bits per heavy atom. The van der Waals surface area contributed by atoms with E-state index < -0.39 is 6.49 Å². The summed E-state index contributed by atoms with van der Waals surface area (Å²) in [6.45, 7) is 0.322. The highest BCUT2D eigenvalue weighted by Gasteiger charge is 2.15. The molecule has 0 heterocycles. The number of nitrogens with two attached hydrogens (primary N) is 1. The molecule has 0 saturated carbocycles. The molecule has 0 aliphatic heterocycles. The highest BCUT2D eigenvalue weighted by Crippen LogP contribution is 2.52. The molecule has 1 unspecified atom stereocenters. The molecule has 2 N–H and O–H groups in total. The van der Waals surface area contributed by atoms with Crippen LogP contribution in [0.1, 0.15) is 26.2 Å². The first-order valence-corrected chi connectivity index (χ1v) is 7.08. The first-order valence-electron chi connectivity index (χ1n) is 4.10. The van der Waals surface area contributed by atoms with E-state index in [4.69, 9.17) is 17.0 Å². The normalized spacial score (nSPS) is 16.3. The van der Waals surface area contributed by atoms with Gasteiger partial charge in [0, 0.05) is 12.3 Å². The van der Waals surface area contributed by atoms with Crippen LogP contribution in [0.15, 0.2) is 0 Å². The van der Waals surface area contributed by atoms with Crippen LogP contribution < -0.4 is 5.73 Å². The van der Waals surface area contributed by atoms with E-state index in [0.29, 0.717) is 18.9 Å². The number of unbranched alkanes of at least 4 members (excludes halogenated alkanes) is 1. The second-order valence-corrected chi connectivity index (χ2v) is 7.06. The molecule has 11 heavy (non-hydrogen) atoms. The maximum atomic E-state index is 11.4. The summed E-state index contributed by atoms with van der Waals surface area (Å²) in [7, 11) is 0. The SMILES string of the molecule is CCCCP(=O)(Cl)CCCN. The molecule has 68 valence electrons. The summed E-state index contributed by atoms with van der Waals surface area (Å²) in [6, 6.07) is 0. The molecule has 0 spiro atoms. The van der Waals surface area contributed by atoms with Crippen LogP contribution in [0.25, 0.3) is 0 Å². The maximum Gasteiger partial charge on any atom is 0.169 e. The van der Waals surface area contributed by atoms with E-state index in [1.54, 1.807) is 0 Å². The molecular weight excluding hydrogens is 181 g/mol. The highest BCUT2D eigenvalue weighted by molar-refractivity contribution is 7.89. The van der Waals surface area contributed by atoms with Crippen LogP contribution in [0.3, 0.4) is 0 Å².